The number of rotatable bonds is 5. The van der Waals surface area contributed by atoms with Crippen molar-refractivity contribution in [2.24, 2.45) is 11.7 Å². The molecule has 1 unspecified atom stereocenters. The third-order valence-electron chi connectivity index (χ3n) is 2.89. The van der Waals surface area contributed by atoms with Crippen LogP contribution in [0.5, 0.6) is 0 Å². The lowest BCUT2D eigenvalue weighted by atomic mass is 10.0. The highest BCUT2D eigenvalue weighted by Crippen LogP contribution is 2.19. The Kier molecular flexibility index (Phi) is 5.10. The Hall–Kier alpha value is -0.250. The lowest BCUT2D eigenvalue weighted by Crippen LogP contribution is -2.45. The number of thiocarbonyl (C=S) groups is 1. The second-order valence-electron chi connectivity index (χ2n) is 4.55. The molecule has 0 spiro atoms. The molecule has 0 aliphatic carbocycles. The summed E-state index contributed by atoms with van der Waals surface area (Å²) in [5.74, 6) is -0.846. The Morgan fingerprint density at radius 2 is 1.94 bits per heavy atom. The van der Waals surface area contributed by atoms with Crippen LogP contribution in [0.4, 0.5) is 0 Å². The molecule has 1 aliphatic heterocycles. The van der Waals surface area contributed by atoms with Gasteiger partial charge in [0.25, 0.3) is 0 Å². The molecule has 0 radical (unpaired) electrons. The van der Waals surface area contributed by atoms with Crippen LogP contribution in [0.2, 0.25) is 0 Å². The van der Waals surface area contributed by atoms with Crippen molar-refractivity contribution >= 4 is 37.1 Å². The quantitative estimate of drug-likeness (QED) is 0.678. The van der Waals surface area contributed by atoms with Gasteiger partial charge < -0.3 is 5.73 Å². The monoisotopic (exact) mass is 314 g/mol. The minimum Gasteiger partial charge on any atom is -0.393 e. The van der Waals surface area contributed by atoms with E-state index in [-0.39, 0.29) is 24.0 Å². The zero-order chi connectivity index (χ0) is 14.0. The molecule has 0 aromatic heterocycles. The zero-order valence-corrected chi connectivity index (χ0v) is 12.7. The molecule has 0 aromatic rings. The maximum Gasteiger partial charge on any atom is 0.215 e. The van der Waals surface area contributed by atoms with E-state index in [0.29, 0.717) is 18.0 Å². The van der Waals surface area contributed by atoms with E-state index in [0.717, 1.165) is 12.7 Å². The molecule has 0 aromatic carbocycles. The molecule has 1 aliphatic rings. The average molecular weight is 314 g/mol. The first kappa shape index (κ1) is 15.8. The highest BCUT2D eigenvalue weighted by atomic mass is 32.2. The van der Waals surface area contributed by atoms with Crippen LogP contribution in [-0.4, -0.2) is 57.0 Å². The van der Waals surface area contributed by atoms with Gasteiger partial charge in [-0.1, -0.05) is 12.2 Å². The molecule has 18 heavy (non-hydrogen) atoms. The van der Waals surface area contributed by atoms with Crippen LogP contribution in [0.1, 0.15) is 12.8 Å². The normalized spacial score (nSPS) is 22.8. The smallest absolute Gasteiger partial charge is 0.215 e. The van der Waals surface area contributed by atoms with E-state index in [1.54, 1.807) is 0 Å². The van der Waals surface area contributed by atoms with Crippen molar-refractivity contribution in [1.29, 1.82) is 0 Å². The topological polar surface area (TPSA) is 97.5 Å². The van der Waals surface area contributed by atoms with E-state index in [4.69, 9.17) is 18.0 Å². The fourth-order valence-electron chi connectivity index (χ4n) is 1.81. The SMILES string of the molecule is CS(=O)(=O)CCS(=O)(=O)N1CCCC(C(N)=S)C1. The van der Waals surface area contributed by atoms with Gasteiger partial charge >= 0.3 is 0 Å². The Morgan fingerprint density at radius 3 is 2.44 bits per heavy atom. The third kappa shape index (κ3) is 4.79. The number of hydrogen-bond acceptors (Lipinski definition) is 5. The van der Waals surface area contributed by atoms with Crippen molar-refractivity contribution in [2.45, 2.75) is 12.8 Å². The third-order valence-corrected chi connectivity index (χ3v) is 6.27. The van der Waals surface area contributed by atoms with Gasteiger partial charge in [-0.15, -0.1) is 0 Å². The largest absolute Gasteiger partial charge is 0.393 e. The fraction of sp³-hybridized carbons (Fsp3) is 0.889. The van der Waals surface area contributed by atoms with Crippen LogP contribution in [0, 0.1) is 5.92 Å². The van der Waals surface area contributed by atoms with Gasteiger partial charge in [-0.25, -0.2) is 21.1 Å². The lowest BCUT2D eigenvalue weighted by Gasteiger charge is -2.31. The van der Waals surface area contributed by atoms with Crippen LogP contribution in [0.3, 0.4) is 0 Å². The van der Waals surface area contributed by atoms with Crippen molar-refractivity contribution < 1.29 is 16.8 Å². The summed E-state index contributed by atoms with van der Waals surface area (Å²) in [6, 6.07) is 0. The van der Waals surface area contributed by atoms with Gasteiger partial charge in [0.2, 0.25) is 10.0 Å². The number of sulfonamides is 1. The van der Waals surface area contributed by atoms with Crippen molar-refractivity contribution in [3.8, 4) is 0 Å². The summed E-state index contributed by atoms with van der Waals surface area (Å²) in [5, 5.41) is 0. The highest BCUT2D eigenvalue weighted by molar-refractivity contribution is 7.93. The molecule has 1 rings (SSSR count). The van der Waals surface area contributed by atoms with E-state index < -0.39 is 19.9 Å². The molecule has 9 heteroatoms. The molecule has 106 valence electrons. The second-order valence-corrected chi connectivity index (χ2v) is 9.37. The molecule has 1 atom stereocenters. The van der Waals surface area contributed by atoms with Crippen LogP contribution >= 0.6 is 12.2 Å². The number of hydrogen-bond donors (Lipinski definition) is 1. The Morgan fingerprint density at radius 1 is 1.33 bits per heavy atom. The molecule has 1 saturated heterocycles. The van der Waals surface area contributed by atoms with Crippen molar-refractivity contribution in [2.75, 3.05) is 30.9 Å². The van der Waals surface area contributed by atoms with Crippen LogP contribution in [0.15, 0.2) is 0 Å². The van der Waals surface area contributed by atoms with Gasteiger partial charge in [-0.05, 0) is 12.8 Å². The standard InChI is InChI=1S/C9H18N2O4S3/c1-17(12,13)5-6-18(14,15)11-4-2-3-8(7-11)9(10)16/h8H,2-7H2,1H3,(H2,10,16). The van der Waals surface area contributed by atoms with Gasteiger partial charge in [0.15, 0.2) is 0 Å². The molecule has 0 saturated carbocycles. The average Bonchev–Trinajstić information content (AvgIpc) is 2.26. The van der Waals surface area contributed by atoms with E-state index in [9.17, 15) is 16.8 Å². The zero-order valence-electron chi connectivity index (χ0n) is 10.2. The maximum atomic E-state index is 12.0. The highest BCUT2D eigenvalue weighted by Gasteiger charge is 2.30. The fourth-order valence-corrected chi connectivity index (χ4v) is 5.13. The Balaban J connectivity index is 2.70. The second kappa shape index (κ2) is 5.81. The van der Waals surface area contributed by atoms with Crippen molar-refractivity contribution in [1.82, 2.24) is 4.31 Å². The molecule has 0 amide bonds. The van der Waals surface area contributed by atoms with Gasteiger partial charge in [0, 0.05) is 25.3 Å². The molecular weight excluding hydrogens is 296 g/mol. The van der Waals surface area contributed by atoms with E-state index in [2.05, 4.69) is 0 Å². The van der Waals surface area contributed by atoms with Gasteiger partial charge in [-0.2, -0.15) is 0 Å². The summed E-state index contributed by atoms with van der Waals surface area (Å²) in [5.41, 5.74) is 5.53. The summed E-state index contributed by atoms with van der Waals surface area (Å²) in [6.45, 7) is 0.673. The van der Waals surface area contributed by atoms with Gasteiger partial charge in [0.1, 0.15) is 9.84 Å². The molecule has 1 heterocycles. The molecule has 6 nitrogen and oxygen atoms in total. The first-order valence-corrected chi connectivity index (χ1v) is 9.64. The van der Waals surface area contributed by atoms with Crippen LogP contribution in [0.25, 0.3) is 0 Å². The molecule has 0 bridgehead atoms. The number of sulfone groups is 1. The van der Waals surface area contributed by atoms with Crippen LogP contribution < -0.4 is 5.73 Å². The first-order valence-electron chi connectivity index (χ1n) is 5.57. The molecule has 1 fully saturated rings. The minimum atomic E-state index is -3.54. The van der Waals surface area contributed by atoms with Gasteiger partial charge in [-0.3, -0.25) is 0 Å². The number of piperidine rings is 1. The maximum absolute atomic E-state index is 12.0. The molecular formula is C9H18N2O4S3. The van der Waals surface area contributed by atoms with Crippen molar-refractivity contribution in [3.63, 3.8) is 0 Å². The minimum absolute atomic E-state index is 0.109. The van der Waals surface area contributed by atoms with Crippen LogP contribution in [-0.2, 0) is 19.9 Å². The van der Waals surface area contributed by atoms with E-state index in [1.807, 2.05) is 0 Å². The Bertz CT molecular complexity index is 512. The summed E-state index contributed by atoms with van der Waals surface area (Å²) in [4.78, 5) is 0.318. The van der Waals surface area contributed by atoms with Crippen molar-refractivity contribution in [3.05, 3.63) is 0 Å². The summed E-state index contributed by atoms with van der Waals surface area (Å²) in [6.07, 6.45) is 2.50. The summed E-state index contributed by atoms with van der Waals surface area (Å²) >= 11 is 4.88. The lowest BCUT2D eigenvalue weighted by molar-refractivity contribution is 0.313. The van der Waals surface area contributed by atoms with Gasteiger partial charge in [0.05, 0.1) is 16.5 Å². The first-order chi connectivity index (χ1) is 8.12. The Labute approximate surface area is 113 Å². The number of nitrogens with two attached hydrogens (primary N) is 1. The summed E-state index contributed by atoms with van der Waals surface area (Å²) < 4.78 is 47.3. The predicted octanol–water partition coefficient (Wildman–Crippen LogP) is -0.641. The number of nitrogens with zero attached hydrogens (tertiary/aromatic N) is 1. The predicted molar refractivity (Wildman–Crippen MR) is 74.6 cm³/mol. The van der Waals surface area contributed by atoms with E-state index in [1.165, 1.54) is 4.31 Å². The van der Waals surface area contributed by atoms with E-state index >= 15 is 0 Å². The molecule has 2 N–H and O–H groups in total. The summed E-state index contributed by atoms with van der Waals surface area (Å²) in [7, 11) is -6.83.